The largest absolute Gasteiger partial charge is 0.462 e. The molecule has 0 amide bonds. The minimum Gasteiger partial charge on any atom is -0.462 e. The van der Waals surface area contributed by atoms with E-state index in [-0.39, 0.29) is 17.5 Å². The van der Waals surface area contributed by atoms with Crippen LogP contribution in [0.3, 0.4) is 0 Å². The van der Waals surface area contributed by atoms with Gasteiger partial charge in [0.1, 0.15) is 6.10 Å². The van der Waals surface area contributed by atoms with Gasteiger partial charge in [-0.25, -0.2) is 0 Å². The molecule has 2 saturated carbocycles. The molecule has 0 saturated heterocycles. The fourth-order valence-electron chi connectivity index (χ4n) is 4.88. The van der Waals surface area contributed by atoms with Crippen molar-refractivity contribution in [1.29, 1.82) is 0 Å². The number of hydrogen-bond acceptors (Lipinski definition) is 2. The van der Waals surface area contributed by atoms with Gasteiger partial charge in [-0.15, -0.1) is 0 Å². The number of ether oxygens (including phenoxy) is 1. The Hall–Kier alpha value is -0.530. The van der Waals surface area contributed by atoms with Gasteiger partial charge in [-0.2, -0.15) is 0 Å². The number of hydrogen-bond donors (Lipinski definition) is 0. The highest BCUT2D eigenvalue weighted by Crippen LogP contribution is 2.50. The van der Waals surface area contributed by atoms with Gasteiger partial charge in [0.2, 0.25) is 0 Å². The second-order valence-electron chi connectivity index (χ2n) is 8.72. The second-order valence-corrected chi connectivity index (χ2v) is 8.72. The molecule has 0 bridgehead atoms. The summed E-state index contributed by atoms with van der Waals surface area (Å²) in [7, 11) is 0. The fraction of sp³-hybridized carbons (Fsp3) is 0.950. The topological polar surface area (TPSA) is 26.3 Å². The molecule has 0 aromatic heterocycles. The van der Waals surface area contributed by atoms with E-state index in [4.69, 9.17) is 4.74 Å². The molecule has 0 N–H and O–H groups in total. The third-order valence-electron chi connectivity index (χ3n) is 6.70. The van der Waals surface area contributed by atoms with Crippen molar-refractivity contribution in [1.82, 2.24) is 0 Å². The summed E-state index contributed by atoms with van der Waals surface area (Å²) in [6.07, 6.45) is 7.30. The van der Waals surface area contributed by atoms with Gasteiger partial charge < -0.3 is 4.74 Å². The lowest BCUT2D eigenvalue weighted by Crippen LogP contribution is -2.48. The van der Waals surface area contributed by atoms with Gasteiger partial charge in [0.15, 0.2) is 0 Å². The third kappa shape index (κ3) is 3.51. The van der Waals surface area contributed by atoms with Gasteiger partial charge in [0, 0.05) is 5.92 Å². The predicted molar refractivity (Wildman–Crippen MR) is 91.5 cm³/mol. The molecule has 0 heterocycles. The Morgan fingerprint density at radius 2 is 1.82 bits per heavy atom. The number of carbonyl (C=O) groups is 1. The molecular formula is C20H36O2. The molecule has 2 fully saturated rings. The molecule has 2 heteroatoms. The molecule has 2 aliphatic carbocycles. The molecule has 2 aliphatic rings. The highest BCUT2D eigenvalue weighted by molar-refractivity contribution is 5.76. The summed E-state index contributed by atoms with van der Waals surface area (Å²) in [6.45, 7) is 13.2. The number of carbonyl (C=O) groups excluding carboxylic acids is 1. The smallest absolute Gasteiger partial charge is 0.311 e. The van der Waals surface area contributed by atoms with Crippen molar-refractivity contribution in [3.05, 3.63) is 0 Å². The molecule has 0 aromatic carbocycles. The SMILES string of the molecule is CCC1C(C)CCC2C[C@H](C)C[C@H](OC(=O)C(C)(C)CC)C21. The first-order chi connectivity index (χ1) is 10.3. The van der Waals surface area contributed by atoms with Crippen LogP contribution in [0.15, 0.2) is 0 Å². The molecule has 4 unspecified atom stereocenters. The van der Waals surface area contributed by atoms with Gasteiger partial charge in [-0.05, 0) is 63.2 Å². The maximum atomic E-state index is 12.6. The Balaban J connectivity index is 2.17. The fourth-order valence-corrected chi connectivity index (χ4v) is 4.88. The van der Waals surface area contributed by atoms with Gasteiger partial charge >= 0.3 is 5.97 Å². The van der Waals surface area contributed by atoms with Crippen LogP contribution >= 0.6 is 0 Å². The molecule has 2 nitrogen and oxygen atoms in total. The normalized spacial score (nSPS) is 39.2. The summed E-state index contributed by atoms with van der Waals surface area (Å²) in [5, 5.41) is 0. The first-order valence-electron chi connectivity index (χ1n) is 9.51. The highest BCUT2D eigenvalue weighted by Gasteiger charge is 2.46. The van der Waals surface area contributed by atoms with Gasteiger partial charge in [0.25, 0.3) is 0 Å². The Bertz CT molecular complexity index is 387. The number of esters is 1. The lowest BCUT2D eigenvalue weighted by atomic mass is 9.58. The van der Waals surface area contributed by atoms with Crippen molar-refractivity contribution in [3.8, 4) is 0 Å². The summed E-state index contributed by atoms with van der Waals surface area (Å²) in [5.41, 5.74) is -0.349. The summed E-state index contributed by atoms with van der Waals surface area (Å²) < 4.78 is 6.13. The standard InChI is InChI=1S/C20H36O2/c1-7-16-14(4)9-10-15-11-13(3)12-17(18(15)16)22-19(21)20(5,6)8-2/h13-18H,7-12H2,1-6H3/t13-,14?,15?,16?,17-,18?/m0/s1. The first-order valence-corrected chi connectivity index (χ1v) is 9.51. The van der Waals surface area contributed by atoms with Crippen LogP contribution in [-0.2, 0) is 9.53 Å². The molecule has 6 atom stereocenters. The molecule has 0 radical (unpaired) electrons. The number of rotatable bonds is 4. The lowest BCUT2D eigenvalue weighted by Gasteiger charge is -2.50. The molecule has 0 spiro atoms. The molecule has 2 rings (SSSR count). The maximum absolute atomic E-state index is 12.6. The Kier molecular flexibility index (Phi) is 5.61. The van der Waals surface area contributed by atoms with Crippen molar-refractivity contribution >= 4 is 5.97 Å². The van der Waals surface area contributed by atoms with Crippen LogP contribution in [0.2, 0.25) is 0 Å². The zero-order chi connectivity index (χ0) is 16.5. The van der Waals surface area contributed by atoms with E-state index in [0.717, 1.165) is 30.6 Å². The van der Waals surface area contributed by atoms with Gasteiger partial charge in [0.05, 0.1) is 5.41 Å². The number of fused-ring (bicyclic) bond motifs is 1. The van der Waals surface area contributed by atoms with E-state index in [1.54, 1.807) is 0 Å². The second kappa shape index (κ2) is 6.93. The van der Waals surface area contributed by atoms with E-state index < -0.39 is 0 Å². The van der Waals surface area contributed by atoms with Crippen LogP contribution in [0.25, 0.3) is 0 Å². The van der Waals surface area contributed by atoms with E-state index >= 15 is 0 Å². The summed E-state index contributed by atoms with van der Waals surface area (Å²) in [4.78, 5) is 12.6. The Morgan fingerprint density at radius 1 is 1.14 bits per heavy atom. The highest BCUT2D eigenvalue weighted by atomic mass is 16.5. The predicted octanol–water partition coefficient (Wildman–Crippen LogP) is 5.45. The lowest BCUT2D eigenvalue weighted by molar-refractivity contribution is -0.172. The zero-order valence-corrected chi connectivity index (χ0v) is 15.5. The van der Waals surface area contributed by atoms with Crippen molar-refractivity contribution in [3.63, 3.8) is 0 Å². The van der Waals surface area contributed by atoms with Gasteiger partial charge in [-0.3, -0.25) is 4.79 Å². The van der Waals surface area contributed by atoms with Crippen LogP contribution in [0.5, 0.6) is 0 Å². The first kappa shape index (κ1) is 17.8. The van der Waals surface area contributed by atoms with Crippen molar-refractivity contribution in [2.45, 2.75) is 86.2 Å². The molecular weight excluding hydrogens is 272 g/mol. The van der Waals surface area contributed by atoms with Crippen LogP contribution in [0.4, 0.5) is 0 Å². The molecule has 0 aromatic rings. The monoisotopic (exact) mass is 308 g/mol. The molecule has 22 heavy (non-hydrogen) atoms. The van der Waals surface area contributed by atoms with Gasteiger partial charge in [-0.1, -0.05) is 40.5 Å². The van der Waals surface area contributed by atoms with Crippen LogP contribution in [0, 0.1) is 35.0 Å². The van der Waals surface area contributed by atoms with Crippen LogP contribution in [-0.4, -0.2) is 12.1 Å². The quantitative estimate of drug-likeness (QED) is 0.645. The van der Waals surface area contributed by atoms with Crippen molar-refractivity contribution in [2.24, 2.45) is 35.0 Å². The molecule has 128 valence electrons. The van der Waals surface area contributed by atoms with E-state index in [2.05, 4.69) is 27.7 Å². The Labute approximate surface area is 137 Å². The Morgan fingerprint density at radius 3 is 2.41 bits per heavy atom. The third-order valence-corrected chi connectivity index (χ3v) is 6.70. The minimum atomic E-state index is -0.349. The van der Waals surface area contributed by atoms with Crippen molar-refractivity contribution in [2.75, 3.05) is 0 Å². The summed E-state index contributed by atoms with van der Waals surface area (Å²) >= 11 is 0. The maximum Gasteiger partial charge on any atom is 0.311 e. The summed E-state index contributed by atoms with van der Waals surface area (Å²) in [6, 6.07) is 0. The van der Waals surface area contributed by atoms with Crippen molar-refractivity contribution < 1.29 is 9.53 Å². The zero-order valence-electron chi connectivity index (χ0n) is 15.5. The van der Waals surface area contributed by atoms with E-state index in [1.807, 2.05) is 13.8 Å². The average molecular weight is 309 g/mol. The van der Waals surface area contributed by atoms with Crippen LogP contribution in [0.1, 0.15) is 80.1 Å². The minimum absolute atomic E-state index is 0.0147. The van der Waals surface area contributed by atoms with Crippen LogP contribution < -0.4 is 0 Å². The molecule has 0 aliphatic heterocycles. The average Bonchev–Trinajstić information content (AvgIpc) is 2.47. The van der Waals surface area contributed by atoms with E-state index in [0.29, 0.717) is 11.8 Å². The van der Waals surface area contributed by atoms with E-state index in [1.165, 1.54) is 25.7 Å². The summed E-state index contributed by atoms with van der Waals surface area (Å²) in [5.74, 6) is 3.58. The van der Waals surface area contributed by atoms with E-state index in [9.17, 15) is 4.79 Å².